The Hall–Kier alpha value is -1.29. The summed E-state index contributed by atoms with van der Waals surface area (Å²) < 4.78 is 0.626. The minimum absolute atomic E-state index is 0. The summed E-state index contributed by atoms with van der Waals surface area (Å²) in [4.78, 5) is 10.5. The van der Waals surface area contributed by atoms with Crippen LogP contribution in [0.15, 0.2) is 50.7 Å². The van der Waals surface area contributed by atoms with Crippen LogP contribution in [0.1, 0.15) is 5.56 Å². The number of amidine groups is 1. The largest absolute Gasteiger partial charge is 2.00 e. The van der Waals surface area contributed by atoms with Crippen LogP contribution in [-0.2, 0) is 46.5 Å². The molecule has 0 unspecified atom stereocenters. The molecule has 0 aliphatic heterocycles. The van der Waals surface area contributed by atoms with Gasteiger partial charge in [-0.15, -0.1) is 5.10 Å². The molecule has 0 radical (unpaired) electrons. The first-order chi connectivity index (χ1) is 11.0. The van der Waals surface area contributed by atoms with Crippen molar-refractivity contribution in [3.8, 4) is 0 Å². The van der Waals surface area contributed by atoms with Crippen LogP contribution >= 0.6 is 11.8 Å². The molecule has 24 heavy (non-hydrogen) atoms. The van der Waals surface area contributed by atoms with Crippen molar-refractivity contribution in [3.05, 3.63) is 35.9 Å². The molecule has 0 amide bonds. The maximum atomic E-state index is 10.5. The van der Waals surface area contributed by atoms with Gasteiger partial charge in [0.25, 0.3) is 4.38 Å². The fourth-order valence-corrected chi connectivity index (χ4v) is 1.57. The summed E-state index contributed by atoms with van der Waals surface area (Å²) in [6, 6.07) is 9.31. The number of thioether (sulfide) groups is 1. The average Bonchev–Trinajstić information content (AvgIpc) is 2.56. The molecule has 0 heterocycles. The van der Waals surface area contributed by atoms with Gasteiger partial charge in [0.2, 0.25) is 0 Å². The van der Waals surface area contributed by atoms with Crippen LogP contribution in [0.5, 0.6) is 0 Å². The van der Waals surface area contributed by atoms with Crippen molar-refractivity contribution >= 4 is 64.5 Å². The molecular weight excluding hydrogens is 413 g/mol. The minimum Gasteiger partial charge on any atom is -0.480 e. The van der Waals surface area contributed by atoms with Crippen molar-refractivity contribution < 1.29 is 26.4 Å². The van der Waals surface area contributed by atoms with Crippen molar-refractivity contribution in [3.63, 3.8) is 0 Å². The van der Waals surface area contributed by atoms with E-state index >= 15 is 0 Å². The van der Waals surface area contributed by atoms with E-state index < -0.39 is 5.97 Å². The van der Waals surface area contributed by atoms with Crippen LogP contribution in [0.25, 0.3) is 0 Å². The zero-order valence-electron chi connectivity index (χ0n) is 12.5. The van der Waals surface area contributed by atoms with Crippen molar-refractivity contribution in [2.24, 2.45) is 20.4 Å². The summed E-state index contributed by atoms with van der Waals surface area (Å²) >= 11 is 7.85. The van der Waals surface area contributed by atoms with Crippen LogP contribution in [0.4, 0.5) is 0 Å². The van der Waals surface area contributed by atoms with Crippen LogP contribution in [-0.4, -0.2) is 45.3 Å². The SMILES string of the molecule is CSC([SH2+])=NN=CC(=N/N=C(\[SH2+])NCC(=O)O)c1ccccc1.[Ni+2]. The topological polar surface area (TPSA) is 98.8 Å². The molecule has 7 nitrogen and oxygen atoms in total. The molecule has 0 saturated heterocycles. The molecule has 11 heteroatoms. The van der Waals surface area contributed by atoms with Gasteiger partial charge in [-0.2, -0.15) is 5.10 Å². The third kappa shape index (κ3) is 9.76. The number of nitrogens with one attached hydrogen (secondary N) is 1. The number of aliphatic carboxylic acids is 1. The molecule has 0 aliphatic carbocycles. The third-order valence-electron chi connectivity index (χ3n) is 2.26. The maximum Gasteiger partial charge on any atom is 2.00 e. The van der Waals surface area contributed by atoms with Gasteiger partial charge in [-0.25, -0.2) is 0 Å². The van der Waals surface area contributed by atoms with Crippen molar-refractivity contribution in [2.45, 2.75) is 0 Å². The number of hydrogen-bond donors (Lipinski definition) is 2. The Morgan fingerprint density at radius 2 is 1.92 bits per heavy atom. The summed E-state index contributed by atoms with van der Waals surface area (Å²) in [5.41, 5.74) is 1.27. The Kier molecular flexibility index (Phi) is 12.4. The van der Waals surface area contributed by atoms with E-state index in [1.807, 2.05) is 36.6 Å². The van der Waals surface area contributed by atoms with Gasteiger partial charge < -0.3 is 10.4 Å². The minimum atomic E-state index is -0.999. The number of hydrogen-bond acceptors (Lipinski definition) is 6. The standard InChI is InChI=1S/C13H15N5O2S3.Ni/c1-23-13(22)18-15-7-10(9-5-3-2-4-6-9)16-17-12(21)14-8-11(19)20;/h2-7H,8H2,1H3,(H,18,22)(H,19,20)(H2,14,17,21);/q;+2/p+2. The monoisotopic (exact) mass is 429 g/mol. The molecule has 2 N–H and O–H groups in total. The Morgan fingerprint density at radius 1 is 1.25 bits per heavy atom. The second-order valence-corrected chi connectivity index (χ2v) is 6.01. The predicted octanol–water partition coefficient (Wildman–Crippen LogP) is 0.146. The van der Waals surface area contributed by atoms with Gasteiger partial charge in [-0.1, -0.05) is 52.3 Å². The third-order valence-corrected chi connectivity index (χ3v) is 3.71. The molecule has 0 bridgehead atoms. The van der Waals surface area contributed by atoms with E-state index in [4.69, 9.17) is 5.11 Å². The predicted molar refractivity (Wildman–Crippen MR) is 106 cm³/mol. The average molecular weight is 430 g/mol. The smallest absolute Gasteiger partial charge is 0.480 e. The fraction of sp³-hybridized carbons (Fsp3) is 0.154. The van der Waals surface area contributed by atoms with Crippen molar-refractivity contribution in [1.82, 2.24) is 5.32 Å². The summed E-state index contributed by atoms with van der Waals surface area (Å²) in [5.74, 6) is -0.999. The van der Waals surface area contributed by atoms with E-state index in [0.29, 0.717) is 10.1 Å². The van der Waals surface area contributed by atoms with Gasteiger partial charge in [0.15, 0.2) is 0 Å². The van der Waals surface area contributed by atoms with Gasteiger partial charge in [0.1, 0.15) is 12.3 Å². The summed E-state index contributed by atoms with van der Waals surface area (Å²) in [7, 11) is 0. The number of carboxylic acid groups (broad SMARTS) is 1. The van der Waals surface area contributed by atoms with E-state index in [9.17, 15) is 4.79 Å². The molecule has 1 aromatic carbocycles. The second kappa shape index (κ2) is 13.1. The molecule has 0 fully saturated rings. The zero-order chi connectivity index (χ0) is 17.1. The Balaban J connectivity index is 0.00000529. The van der Waals surface area contributed by atoms with Crippen molar-refractivity contribution in [2.75, 3.05) is 12.8 Å². The van der Waals surface area contributed by atoms with Gasteiger partial charge in [0, 0.05) is 30.8 Å². The number of rotatable bonds is 6. The normalized spacial score (nSPS) is 12.9. The van der Waals surface area contributed by atoms with E-state index in [0.717, 1.165) is 5.56 Å². The number of benzene rings is 1. The molecule has 1 rings (SSSR count). The summed E-state index contributed by atoms with van der Waals surface area (Å²) in [6.45, 7) is -0.267. The number of carbonyl (C=O) groups is 1. The second-order valence-electron chi connectivity index (χ2n) is 3.90. The van der Waals surface area contributed by atoms with E-state index in [2.05, 4.69) is 51.0 Å². The molecule has 0 saturated carbocycles. The van der Waals surface area contributed by atoms with Crippen molar-refractivity contribution in [1.29, 1.82) is 0 Å². The van der Waals surface area contributed by atoms with Gasteiger partial charge >= 0.3 is 27.6 Å². The fourth-order valence-electron chi connectivity index (χ4n) is 1.24. The van der Waals surface area contributed by atoms with Gasteiger partial charge in [-0.05, 0) is 6.26 Å². The molecule has 0 spiro atoms. The zero-order valence-corrected chi connectivity index (χ0v) is 16.3. The van der Waals surface area contributed by atoms with Gasteiger partial charge in [-0.3, -0.25) is 4.79 Å². The number of carboxylic acids is 1. The molecular formula is C13H17N5NiO2S3+4. The van der Waals surface area contributed by atoms with E-state index in [1.54, 1.807) is 0 Å². The van der Waals surface area contributed by atoms with Gasteiger partial charge in [0.05, 0.1) is 6.21 Å². The van der Waals surface area contributed by atoms with Crippen LogP contribution in [0.3, 0.4) is 0 Å². The molecule has 0 aromatic heterocycles. The van der Waals surface area contributed by atoms with E-state index in [-0.39, 0.29) is 28.2 Å². The molecule has 1 aromatic rings. The van der Waals surface area contributed by atoms with Crippen LogP contribution < -0.4 is 5.32 Å². The first-order valence-corrected chi connectivity index (χ1v) is 8.50. The molecule has 0 aliphatic rings. The maximum absolute atomic E-state index is 10.5. The Bertz CT molecular complexity index is 650. The summed E-state index contributed by atoms with van der Waals surface area (Å²) in [6.07, 6.45) is 3.33. The summed E-state index contributed by atoms with van der Waals surface area (Å²) in [5, 5.41) is 27.1. The molecule has 130 valence electrons. The molecule has 0 atom stereocenters. The first-order valence-electron chi connectivity index (χ1n) is 6.28. The first kappa shape index (κ1) is 22.7. The van der Waals surface area contributed by atoms with Crippen LogP contribution in [0.2, 0.25) is 0 Å². The Morgan fingerprint density at radius 3 is 2.50 bits per heavy atom. The quantitative estimate of drug-likeness (QED) is 0.221. The van der Waals surface area contributed by atoms with Crippen LogP contribution in [0, 0.1) is 0 Å². The number of nitrogens with zero attached hydrogens (tertiary/aromatic N) is 4. The van der Waals surface area contributed by atoms with E-state index in [1.165, 1.54) is 18.0 Å². The Labute approximate surface area is 164 Å².